The fraction of sp³-hybridized carbons (Fsp3) is 0.500. The van der Waals surface area contributed by atoms with E-state index in [1.807, 2.05) is 12.1 Å². The van der Waals surface area contributed by atoms with Crippen LogP contribution in [0.25, 0.3) is 0 Å². The van der Waals surface area contributed by atoms with Gasteiger partial charge in [-0.05, 0) is 38.8 Å². The summed E-state index contributed by atoms with van der Waals surface area (Å²) in [6.45, 7) is 5.79. The minimum Gasteiger partial charge on any atom is -0.366 e. The van der Waals surface area contributed by atoms with E-state index >= 15 is 0 Å². The smallest absolute Gasteiger partial charge is 0.293 e. The summed E-state index contributed by atoms with van der Waals surface area (Å²) < 4.78 is 2.83. The monoisotopic (exact) mass is 393 g/mol. The molecule has 7 nitrogen and oxygen atoms in total. The van der Waals surface area contributed by atoms with Gasteiger partial charge in [-0.15, -0.1) is 10.2 Å². The van der Waals surface area contributed by atoms with E-state index in [1.165, 1.54) is 0 Å². The van der Waals surface area contributed by atoms with Crippen LogP contribution in [-0.2, 0) is 0 Å². The molecule has 1 aliphatic rings. The number of nitro groups is 1. The van der Waals surface area contributed by atoms with Crippen molar-refractivity contribution < 1.29 is 4.92 Å². The van der Waals surface area contributed by atoms with Gasteiger partial charge in [0.05, 0.1) is 4.92 Å². The maximum Gasteiger partial charge on any atom is 0.293 e. The van der Waals surface area contributed by atoms with Crippen molar-refractivity contribution in [3.8, 4) is 0 Å². The number of hydrogen-bond acceptors (Lipinski definition) is 5. The van der Waals surface area contributed by atoms with E-state index in [2.05, 4.69) is 49.4 Å². The van der Waals surface area contributed by atoms with Crippen LogP contribution in [0.1, 0.15) is 44.5 Å². The second kappa shape index (κ2) is 6.88. The summed E-state index contributed by atoms with van der Waals surface area (Å²) in [6.07, 6.45) is 3.61. The third kappa shape index (κ3) is 3.28. The number of rotatable bonds is 4. The lowest BCUT2D eigenvalue weighted by molar-refractivity contribution is -0.384. The van der Waals surface area contributed by atoms with Crippen molar-refractivity contribution in [3.63, 3.8) is 0 Å². The van der Waals surface area contributed by atoms with Gasteiger partial charge in [0.2, 0.25) is 0 Å². The van der Waals surface area contributed by atoms with Crippen molar-refractivity contribution in [3.05, 3.63) is 44.9 Å². The van der Waals surface area contributed by atoms with Crippen LogP contribution in [0.3, 0.4) is 0 Å². The molecule has 8 heteroatoms. The Labute approximate surface area is 149 Å². The van der Waals surface area contributed by atoms with Gasteiger partial charge < -0.3 is 9.47 Å². The Morgan fingerprint density at radius 3 is 2.67 bits per heavy atom. The van der Waals surface area contributed by atoms with E-state index in [0.29, 0.717) is 17.6 Å². The third-order valence-corrected chi connectivity index (χ3v) is 4.99. The van der Waals surface area contributed by atoms with E-state index in [9.17, 15) is 10.1 Å². The molecule has 0 bridgehead atoms. The fourth-order valence-corrected chi connectivity index (χ4v) is 3.58. The standard InChI is InChI=1S/C16H20BrN5O2/c1-11(2)21-10-18-19-16(21)12-5-7-20(8-6-12)14-4-3-13(17)9-15(14)22(23)24/h3-4,9-12H,5-8H2,1-2H3. The van der Waals surface area contributed by atoms with Crippen LogP contribution in [0.2, 0.25) is 0 Å². The number of benzene rings is 1. The molecule has 2 aromatic rings. The van der Waals surface area contributed by atoms with Crippen LogP contribution in [0, 0.1) is 10.1 Å². The summed E-state index contributed by atoms with van der Waals surface area (Å²) in [4.78, 5) is 13.1. The lowest BCUT2D eigenvalue weighted by atomic mass is 9.95. The molecule has 0 spiro atoms. The highest BCUT2D eigenvalue weighted by Crippen LogP contribution is 2.35. The molecule has 3 rings (SSSR count). The normalized spacial score (nSPS) is 15.9. The van der Waals surface area contributed by atoms with Gasteiger partial charge in [-0.1, -0.05) is 15.9 Å². The van der Waals surface area contributed by atoms with E-state index < -0.39 is 0 Å². The fourth-order valence-electron chi connectivity index (χ4n) is 3.23. The van der Waals surface area contributed by atoms with E-state index in [-0.39, 0.29) is 10.6 Å². The van der Waals surface area contributed by atoms with Crippen molar-refractivity contribution in [2.24, 2.45) is 0 Å². The van der Waals surface area contributed by atoms with Crippen LogP contribution >= 0.6 is 15.9 Å². The molecule has 1 saturated heterocycles. The first-order valence-corrected chi connectivity index (χ1v) is 8.85. The SMILES string of the molecule is CC(C)n1cnnc1C1CCN(c2ccc(Br)cc2[N+](=O)[O-])CC1. The second-order valence-corrected chi connectivity index (χ2v) is 7.26. The molecular formula is C16H20BrN5O2. The van der Waals surface area contributed by atoms with Crippen LogP contribution < -0.4 is 4.90 Å². The quantitative estimate of drug-likeness (QED) is 0.581. The zero-order valence-corrected chi connectivity index (χ0v) is 15.3. The molecule has 1 aromatic heterocycles. The van der Waals surface area contributed by atoms with Crippen LogP contribution in [0.15, 0.2) is 29.0 Å². The minimum atomic E-state index is -0.318. The highest BCUT2D eigenvalue weighted by molar-refractivity contribution is 9.10. The number of piperidine rings is 1. The van der Waals surface area contributed by atoms with Crippen molar-refractivity contribution in [1.29, 1.82) is 0 Å². The topological polar surface area (TPSA) is 77.1 Å². The number of hydrogen-bond donors (Lipinski definition) is 0. The first kappa shape index (κ1) is 16.9. The highest BCUT2D eigenvalue weighted by Gasteiger charge is 2.28. The van der Waals surface area contributed by atoms with E-state index in [0.717, 1.165) is 36.2 Å². The zero-order chi connectivity index (χ0) is 17.3. The summed E-state index contributed by atoms with van der Waals surface area (Å²) in [5.74, 6) is 1.37. The van der Waals surface area contributed by atoms with Crippen LogP contribution in [0.4, 0.5) is 11.4 Å². The van der Waals surface area contributed by atoms with Crippen LogP contribution in [0.5, 0.6) is 0 Å². The number of anilines is 1. The molecule has 1 aromatic carbocycles. The Balaban J connectivity index is 1.76. The summed E-state index contributed by atoms with van der Waals surface area (Å²) in [5, 5.41) is 19.7. The predicted octanol–water partition coefficient (Wildman–Crippen LogP) is 3.91. The van der Waals surface area contributed by atoms with Gasteiger partial charge in [0.25, 0.3) is 5.69 Å². The van der Waals surface area contributed by atoms with Gasteiger partial charge in [-0.25, -0.2) is 0 Å². The largest absolute Gasteiger partial charge is 0.366 e. The molecule has 0 saturated carbocycles. The first-order valence-electron chi connectivity index (χ1n) is 8.05. The van der Waals surface area contributed by atoms with Crippen molar-refractivity contribution in [2.45, 2.75) is 38.6 Å². The van der Waals surface area contributed by atoms with E-state index in [1.54, 1.807) is 12.4 Å². The summed E-state index contributed by atoms with van der Waals surface area (Å²) in [7, 11) is 0. The molecule has 24 heavy (non-hydrogen) atoms. The predicted molar refractivity (Wildman–Crippen MR) is 95.4 cm³/mol. The summed E-state index contributed by atoms with van der Waals surface area (Å²) in [5.41, 5.74) is 0.833. The molecule has 0 aliphatic carbocycles. The number of aromatic nitrogens is 3. The van der Waals surface area contributed by atoms with Gasteiger partial charge >= 0.3 is 0 Å². The van der Waals surface area contributed by atoms with Crippen molar-refractivity contribution >= 4 is 27.3 Å². The van der Waals surface area contributed by atoms with Gasteiger partial charge in [-0.2, -0.15) is 0 Å². The Bertz CT molecular complexity index is 738. The third-order valence-electron chi connectivity index (χ3n) is 4.49. The van der Waals surface area contributed by atoms with E-state index in [4.69, 9.17) is 0 Å². The maximum absolute atomic E-state index is 11.3. The molecule has 1 aliphatic heterocycles. The average molecular weight is 394 g/mol. The molecule has 2 heterocycles. The Hall–Kier alpha value is -1.96. The second-order valence-electron chi connectivity index (χ2n) is 6.34. The Kier molecular flexibility index (Phi) is 4.84. The first-order chi connectivity index (χ1) is 11.5. The number of nitro benzene ring substituents is 1. The van der Waals surface area contributed by atoms with Crippen LogP contribution in [-0.4, -0.2) is 32.8 Å². The minimum absolute atomic E-state index is 0.146. The highest BCUT2D eigenvalue weighted by atomic mass is 79.9. The lowest BCUT2D eigenvalue weighted by Crippen LogP contribution is -2.34. The summed E-state index contributed by atoms with van der Waals surface area (Å²) in [6, 6.07) is 5.57. The van der Waals surface area contributed by atoms with Gasteiger partial charge in [0, 0.05) is 35.6 Å². The molecular weight excluding hydrogens is 374 g/mol. The number of nitrogens with zero attached hydrogens (tertiary/aromatic N) is 5. The lowest BCUT2D eigenvalue weighted by Gasteiger charge is -2.33. The van der Waals surface area contributed by atoms with Gasteiger partial charge in [0.15, 0.2) is 0 Å². The molecule has 1 fully saturated rings. The van der Waals surface area contributed by atoms with Gasteiger partial charge in [-0.3, -0.25) is 10.1 Å². The molecule has 0 radical (unpaired) electrons. The maximum atomic E-state index is 11.3. The van der Waals surface area contributed by atoms with Crippen molar-refractivity contribution in [2.75, 3.05) is 18.0 Å². The molecule has 128 valence electrons. The molecule has 0 unspecified atom stereocenters. The Morgan fingerprint density at radius 2 is 2.04 bits per heavy atom. The molecule has 0 atom stereocenters. The number of halogens is 1. The zero-order valence-electron chi connectivity index (χ0n) is 13.7. The Morgan fingerprint density at radius 1 is 1.33 bits per heavy atom. The summed E-state index contributed by atoms with van der Waals surface area (Å²) >= 11 is 3.30. The molecule has 0 amide bonds. The van der Waals surface area contributed by atoms with Gasteiger partial charge in [0.1, 0.15) is 17.8 Å². The van der Waals surface area contributed by atoms with Crippen molar-refractivity contribution in [1.82, 2.24) is 14.8 Å². The average Bonchev–Trinajstić information content (AvgIpc) is 3.05. The molecule has 0 N–H and O–H groups in total.